The number of benzene rings is 2. The van der Waals surface area contributed by atoms with Crippen LogP contribution in [0.2, 0.25) is 5.02 Å². The van der Waals surface area contributed by atoms with Gasteiger partial charge in [-0.3, -0.25) is 9.59 Å². The van der Waals surface area contributed by atoms with Crippen molar-refractivity contribution in [3.63, 3.8) is 0 Å². The highest BCUT2D eigenvalue weighted by atomic mass is 35.5. The Bertz CT molecular complexity index is 995. The van der Waals surface area contributed by atoms with Gasteiger partial charge >= 0.3 is 0 Å². The summed E-state index contributed by atoms with van der Waals surface area (Å²) >= 11 is 7.12. The van der Waals surface area contributed by atoms with Crippen LogP contribution < -0.4 is 20.1 Å². The van der Waals surface area contributed by atoms with Crippen molar-refractivity contribution in [3.8, 4) is 11.5 Å². The molecule has 1 saturated heterocycles. The fourth-order valence-corrected chi connectivity index (χ4v) is 3.67. The van der Waals surface area contributed by atoms with Crippen LogP contribution in [-0.2, 0) is 9.59 Å². The van der Waals surface area contributed by atoms with Gasteiger partial charge in [0.05, 0.1) is 26.1 Å². The molecule has 2 aromatic rings. The van der Waals surface area contributed by atoms with Gasteiger partial charge in [-0.15, -0.1) is 5.10 Å². The number of thioether (sulfide) groups is 1. The van der Waals surface area contributed by atoms with Gasteiger partial charge in [-0.2, -0.15) is 5.10 Å². The van der Waals surface area contributed by atoms with E-state index in [1.807, 2.05) is 24.3 Å². The second-order valence-corrected chi connectivity index (χ2v) is 7.74. The van der Waals surface area contributed by atoms with E-state index in [-0.39, 0.29) is 18.2 Å². The number of amides is 2. The number of nitrogens with one attached hydrogen (secondary N) is 2. The van der Waals surface area contributed by atoms with Crippen LogP contribution in [0.25, 0.3) is 0 Å². The van der Waals surface area contributed by atoms with Crippen molar-refractivity contribution in [1.29, 1.82) is 0 Å². The minimum absolute atomic E-state index is 0.0343. The Morgan fingerprint density at radius 1 is 1.23 bits per heavy atom. The van der Waals surface area contributed by atoms with Gasteiger partial charge in [0.1, 0.15) is 16.7 Å². The van der Waals surface area contributed by atoms with Gasteiger partial charge in [-0.25, -0.2) is 0 Å². The van der Waals surface area contributed by atoms with Crippen LogP contribution >= 0.6 is 23.4 Å². The molecule has 0 aliphatic carbocycles. The number of amidine groups is 1. The maximum Gasteiger partial charge on any atom is 0.240 e. The van der Waals surface area contributed by atoms with E-state index in [0.717, 1.165) is 23.1 Å². The summed E-state index contributed by atoms with van der Waals surface area (Å²) in [5.74, 6) is 0.581. The smallest absolute Gasteiger partial charge is 0.240 e. The van der Waals surface area contributed by atoms with E-state index >= 15 is 0 Å². The summed E-state index contributed by atoms with van der Waals surface area (Å²) in [5.41, 5.74) is 1.28. The molecule has 1 fully saturated rings. The zero-order chi connectivity index (χ0) is 21.5. The lowest BCUT2D eigenvalue weighted by molar-refractivity contribution is -0.122. The lowest BCUT2D eigenvalue weighted by Crippen LogP contribution is -2.28. The molecular weight excluding hydrogens is 428 g/mol. The van der Waals surface area contributed by atoms with Gasteiger partial charge in [-0.05, 0) is 48.0 Å². The van der Waals surface area contributed by atoms with Gasteiger partial charge in [0.2, 0.25) is 11.8 Å². The molecule has 2 N–H and O–H groups in total. The van der Waals surface area contributed by atoms with Crippen molar-refractivity contribution in [2.24, 2.45) is 10.2 Å². The summed E-state index contributed by atoms with van der Waals surface area (Å²) in [4.78, 5) is 24.5. The molecule has 2 aromatic carbocycles. The highest BCUT2D eigenvalue weighted by Gasteiger charge is 2.32. The number of ether oxygens (including phenoxy) is 2. The normalized spacial score (nSPS) is 17.2. The summed E-state index contributed by atoms with van der Waals surface area (Å²) in [7, 11) is 3.09. The number of methoxy groups -OCH3 is 2. The predicted molar refractivity (Wildman–Crippen MR) is 119 cm³/mol. The standard InChI is InChI=1S/C20H19ClN4O4S/c1-28-14-6-3-12(4-7-14)11-22-25-20-24-19(27)17(30-20)10-18(26)23-15-9-13(21)5-8-16(15)29-2/h3-9,11,17H,10H2,1-2H3,(H,23,26)(H,24,25,27)/b22-11+. The molecule has 30 heavy (non-hydrogen) atoms. The number of hydrogen-bond acceptors (Lipinski definition) is 7. The van der Waals surface area contributed by atoms with Crippen molar-refractivity contribution in [2.75, 3.05) is 19.5 Å². The molecule has 0 saturated carbocycles. The fraction of sp³-hybridized carbons (Fsp3) is 0.200. The van der Waals surface area contributed by atoms with Gasteiger partial charge in [0.15, 0.2) is 5.17 Å². The van der Waals surface area contributed by atoms with Crippen molar-refractivity contribution in [1.82, 2.24) is 5.32 Å². The molecule has 8 nitrogen and oxygen atoms in total. The third-order valence-electron chi connectivity index (χ3n) is 4.05. The zero-order valence-electron chi connectivity index (χ0n) is 16.2. The Hall–Kier alpha value is -3.04. The SMILES string of the molecule is COc1ccc(/C=N/N=C2\NC(=O)C(CC(=O)Nc3cc(Cl)ccc3OC)S2)cc1. The molecule has 2 amide bonds. The van der Waals surface area contributed by atoms with Crippen LogP contribution in [0.5, 0.6) is 11.5 Å². The van der Waals surface area contributed by atoms with E-state index in [1.165, 1.54) is 7.11 Å². The fourth-order valence-electron chi connectivity index (χ4n) is 2.57. The van der Waals surface area contributed by atoms with Crippen LogP contribution in [0.4, 0.5) is 5.69 Å². The third kappa shape index (κ3) is 5.74. The minimum atomic E-state index is -0.606. The van der Waals surface area contributed by atoms with Crippen LogP contribution in [-0.4, -0.2) is 42.7 Å². The molecule has 0 aromatic heterocycles. The number of anilines is 1. The molecule has 156 valence electrons. The average Bonchev–Trinajstić information content (AvgIpc) is 3.07. The molecule has 1 unspecified atom stereocenters. The van der Waals surface area contributed by atoms with Crippen LogP contribution in [0.3, 0.4) is 0 Å². The second-order valence-electron chi connectivity index (χ2n) is 6.12. The molecular formula is C20H19ClN4O4S. The van der Waals surface area contributed by atoms with E-state index in [9.17, 15) is 9.59 Å². The van der Waals surface area contributed by atoms with Gasteiger partial charge < -0.3 is 20.1 Å². The van der Waals surface area contributed by atoms with E-state index in [0.29, 0.717) is 21.6 Å². The quantitative estimate of drug-likeness (QED) is 0.502. The summed E-state index contributed by atoms with van der Waals surface area (Å²) in [6, 6.07) is 12.2. The van der Waals surface area contributed by atoms with Crippen LogP contribution in [0.15, 0.2) is 52.7 Å². The molecule has 0 spiro atoms. The largest absolute Gasteiger partial charge is 0.497 e. The van der Waals surface area contributed by atoms with Crippen LogP contribution in [0.1, 0.15) is 12.0 Å². The Labute approximate surface area is 182 Å². The molecule has 0 bridgehead atoms. The van der Waals surface area contributed by atoms with E-state index in [4.69, 9.17) is 21.1 Å². The maximum atomic E-state index is 12.4. The number of rotatable bonds is 7. The lowest BCUT2D eigenvalue weighted by Gasteiger charge is -2.11. The first-order chi connectivity index (χ1) is 14.5. The number of hydrogen-bond donors (Lipinski definition) is 2. The first kappa shape index (κ1) is 21.7. The van der Waals surface area contributed by atoms with E-state index in [1.54, 1.807) is 31.5 Å². The summed E-state index contributed by atoms with van der Waals surface area (Å²) < 4.78 is 10.3. The first-order valence-electron chi connectivity index (χ1n) is 8.84. The van der Waals surface area contributed by atoms with Gasteiger partial charge in [-0.1, -0.05) is 23.4 Å². The minimum Gasteiger partial charge on any atom is -0.497 e. The number of nitrogens with zero attached hydrogens (tertiary/aromatic N) is 2. The van der Waals surface area contributed by atoms with Crippen molar-refractivity contribution in [2.45, 2.75) is 11.7 Å². The topological polar surface area (TPSA) is 101 Å². The Kier molecular flexibility index (Phi) is 7.31. The second kappa shape index (κ2) is 10.1. The summed E-state index contributed by atoms with van der Waals surface area (Å²) in [5, 5.41) is 13.5. The highest BCUT2D eigenvalue weighted by molar-refractivity contribution is 8.15. The lowest BCUT2D eigenvalue weighted by atomic mass is 10.2. The van der Waals surface area contributed by atoms with Crippen LogP contribution in [0, 0.1) is 0 Å². The molecule has 0 radical (unpaired) electrons. The Morgan fingerprint density at radius 2 is 2.00 bits per heavy atom. The first-order valence-corrected chi connectivity index (χ1v) is 10.1. The summed E-state index contributed by atoms with van der Waals surface area (Å²) in [6.45, 7) is 0. The third-order valence-corrected chi connectivity index (χ3v) is 5.36. The van der Waals surface area contributed by atoms with Gasteiger partial charge in [0.25, 0.3) is 0 Å². The molecule has 3 rings (SSSR count). The van der Waals surface area contributed by atoms with Crippen molar-refractivity contribution in [3.05, 3.63) is 53.1 Å². The number of halogens is 1. The monoisotopic (exact) mass is 446 g/mol. The van der Waals surface area contributed by atoms with Gasteiger partial charge in [0, 0.05) is 11.4 Å². The van der Waals surface area contributed by atoms with E-state index < -0.39 is 5.25 Å². The van der Waals surface area contributed by atoms with Crippen molar-refractivity contribution < 1.29 is 19.1 Å². The van der Waals surface area contributed by atoms with E-state index in [2.05, 4.69) is 20.8 Å². The summed E-state index contributed by atoms with van der Waals surface area (Å²) in [6.07, 6.45) is 1.53. The molecule has 10 heteroatoms. The number of carbonyl (C=O) groups excluding carboxylic acids is 2. The highest BCUT2D eigenvalue weighted by Crippen LogP contribution is 2.29. The Balaban J connectivity index is 1.57. The molecule has 1 aliphatic heterocycles. The van der Waals surface area contributed by atoms with Crippen molar-refractivity contribution >= 4 is 52.2 Å². The number of carbonyl (C=O) groups is 2. The Morgan fingerprint density at radius 3 is 2.70 bits per heavy atom. The maximum absolute atomic E-state index is 12.4. The average molecular weight is 447 g/mol. The molecule has 1 aliphatic rings. The zero-order valence-corrected chi connectivity index (χ0v) is 17.8. The molecule has 1 atom stereocenters. The molecule has 1 heterocycles. The predicted octanol–water partition coefficient (Wildman–Crippen LogP) is 3.31.